The Morgan fingerprint density at radius 1 is 0.222 bits per heavy atom. The number of nitrogens with one attached hydrogen (secondary N) is 4. The van der Waals surface area contributed by atoms with Gasteiger partial charge in [0.25, 0.3) is 0 Å². The molecule has 0 radical (unpaired) electrons. The van der Waals surface area contributed by atoms with Crippen molar-refractivity contribution in [2.45, 2.75) is 0 Å². The van der Waals surface area contributed by atoms with Gasteiger partial charge in [0.1, 0.15) is 69.0 Å². The third-order valence-corrected chi connectivity index (χ3v) is 12.8. The van der Waals surface area contributed by atoms with E-state index in [0.29, 0.717) is 158 Å². The molecule has 16 nitrogen and oxygen atoms in total. The number of hydrogen-bond donors (Lipinski definition) is 4. The van der Waals surface area contributed by atoms with Crippen LogP contribution in [0.5, 0.6) is 69.0 Å². The lowest BCUT2D eigenvalue weighted by molar-refractivity contribution is 0.373. The molecule has 0 aliphatic carbocycles. The molecule has 1 aliphatic heterocycles. The molecule has 372 valence electrons. The molecule has 0 spiro atoms. The number of H-pyrrole nitrogens is 4. The van der Waals surface area contributed by atoms with E-state index in [4.69, 9.17) is 56.8 Å². The molecule has 16 heteroatoms. The van der Waals surface area contributed by atoms with Crippen LogP contribution >= 0.6 is 0 Å². The summed E-state index contributed by atoms with van der Waals surface area (Å²) >= 11 is 0. The van der Waals surface area contributed by atoms with E-state index < -0.39 is 0 Å². The highest BCUT2D eigenvalue weighted by molar-refractivity contribution is 5.91. The Balaban J connectivity index is 1.53. The van der Waals surface area contributed by atoms with Gasteiger partial charge in [-0.25, -0.2) is 0 Å². The van der Waals surface area contributed by atoms with E-state index >= 15 is 0 Å². The first kappa shape index (κ1) is 48.1. The first-order valence-electron chi connectivity index (χ1n) is 22.6. The molecule has 4 N–H and O–H groups in total. The van der Waals surface area contributed by atoms with Gasteiger partial charge in [0.05, 0.1) is 108 Å². The van der Waals surface area contributed by atoms with Crippen molar-refractivity contribution in [1.82, 2.24) is 19.9 Å². The Morgan fingerprint density at radius 3 is 0.556 bits per heavy atom. The molecule has 0 saturated heterocycles. The van der Waals surface area contributed by atoms with Crippen molar-refractivity contribution in [1.29, 1.82) is 0 Å². The number of fused-ring (bicyclic) bond motifs is 8. The molecule has 0 atom stereocenters. The summed E-state index contributed by atoms with van der Waals surface area (Å²) in [7, 11) is 19.3. The quantitative estimate of drug-likeness (QED) is 0.0841. The summed E-state index contributed by atoms with van der Waals surface area (Å²) < 4.78 is 72.1. The number of benzene rings is 4. The minimum atomic E-state index is 0.503. The second-order valence-corrected chi connectivity index (χ2v) is 16.3. The first-order chi connectivity index (χ1) is 35.1. The molecule has 8 bridgehead atoms. The van der Waals surface area contributed by atoms with Crippen molar-refractivity contribution < 1.29 is 56.8 Å². The Kier molecular flexibility index (Phi) is 13.5. The maximum Gasteiger partial charge on any atom is 0.134 e. The van der Waals surface area contributed by atoms with Gasteiger partial charge in [-0.15, -0.1) is 0 Å². The third-order valence-electron chi connectivity index (χ3n) is 12.8. The molecular formula is C56H56N4O12. The molecule has 0 amide bonds. The summed E-state index contributed by atoms with van der Waals surface area (Å²) in [6, 6.07) is 30.7. The van der Waals surface area contributed by atoms with E-state index in [1.165, 1.54) is 0 Å². The van der Waals surface area contributed by atoms with E-state index in [2.05, 4.69) is 19.9 Å². The summed E-state index contributed by atoms with van der Waals surface area (Å²) in [4.78, 5) is 15.2. The van der Waals surface area contributed by atoms with Crippen LogP contribution in [-0.2, 0) is 0 Å². The minimum absolute atomic E-state index is 0.503. The number of hydrogen-bond acceptors (Lipinski definition) is 12. The maximum absolute atomic E-state index is 6.15. The van der Waals surface area contributed by atoms with Crippen molar-refractivity contribution in [3.8, 4) is 69.0 Å². The average molecular weight is 977 g/mol. The van der Waals surface area contributed by atoms with Gasteiger partial charge in [-0.1, -0.05) is 0 Å². The van der Waals surface area contributed by atoms with E-state index in [0.717, 1.165) is 0 Å². The van der Waals surface area contributed by atoms with Crippen LogP contribution in [0.1, 0.15) is 45.0 Å². The Morgan fingerprint density at radius 2 is 0.403 bits per heavy atom. The van der Waals surface area contributed by atoms with Crippen LogP contribution in [0, 0.1) is 0 Å². The van der Waals surface area contributed by atoms with Crippen LogP contribution in [-0.4, -0.2) is 105 Å². The largest absolute Gasteiger partial charge is 0.496 e. The van der Waals surface area contributed by atoms with Crippen molar-refractivity contribution >= 4 is 22.3 Å². The van der Waals surface area contributed by atoms with Gasteiger partial charge in [0, 0.05) is 115 Å². The highest BCUT2D eigenvalue weighted by atomic mass is 16.5. The normalized spacial score (nSPS) is 12.1. The van der Waals surface area contributed by atoms with E-state index in [9.17, 15) is 0 Å². The van der Waals surface area contributed by atoms with Crippen LogP contribution in [0.15, 0.2) is 97.1 Å². The molecule has 0 unspecified atom stereocenters. The van der Waals surface area contributed by atoms with E-state index in [1.807, 2.05) is 97.1 Å². The summed E-state index contributed by atoms with van der Waals surface area (Å²) in [6.07, 6.45) is 0. The highest BCUT2D eigenvalue weighted by Crippen LogP contribution is 2.45. The average Bonchev–Trinajstić information content (AvgIpc) is 4.29. The lowest BCUT2D eigenvalue weighted by Gasteiger charge is -2.19. The second-order valence-electron chi connectivity index (χ2n) is 16.3. The summed E-state index contributed by atoms with van der Waals surface area (Å²) in [6.45, 7) is 0. The Hall–Kier alpha value is -8.92. The summed E-state index contributed by atoms with van der Waals surface area (Å²) in [5.41, 5.74) is 8.26. The zero-order chi connectivity index (χ0) is 50.8. The van der Waals surface area contributed by atoms with Crippen LogP contribution in [0.2, 0.25) is 0 Å². The molecule has 1 aliphatic rings. The van der Waals surface area contributed by atoms with Gasteiger partial charge in [-0.05, 0) is 48.5 Å². The van der Waals surface area contributed by atoms with Crippen molar-refractivity contribution in [3.63, 3.8) is 0 Å². The fourth-order valence-corrected chi connectivity index (χ4v) is 9.41. The molecule has 4 aromatic carbocycles. The number of aromatic amines is 4. The van der Waals surface area contributed by atoms with Gasteiger partial charge in [0.15, 0.2) is 0 Å². The van der Waals surface area contributed by atoms with Crippen LogP contribution in [0.25, 0.3) is 22.3 Å². The molecule has 9 rings (SSSR count). The van der Waals surface area contributed by atoms with Gasteiger partial charge in [-0.2, -0.15) is 0 Å². The lowest BCUT2D eigenvalue weighted by atomic mass is 9.99. The molecule has 5 heterocycles. The molecule has 0 fully saturated rings. The lowest BCUT2D eigenvalue weighted by Crippen LogP contribution is -2.20. The first-order valence-corrected chi connectivity index (χ1v) is 22.6. The predicted molar refractivity (Wildman–Crippen MR) is 273 cm³/mol. The van der Waals surface area contributed by atoms with Crippen molar-refractivity contribution in [3.05, 3.63) is 163 Å². The zero-order valence-electron chi connectivity index (χ0n) is 42.1. The van der Waals surface area contributed by atoms with Gasteiger partial charge >= 0.3 is 0 Å². The Labute approximate surface area is 415 Å². The van der Waals surface area contributed by atoms with Crippen molar-refractivity contribution in [2.75, 3.05) is 85.3 Å². The van der Waals surface area contributed by atoms with Crippen molar-refractivity contribution in [2.24, 2.45) is 0 Å². The minimum Gasteiger partial charge on any atom is -0.496 e. The number of ether oxygens (including phenoxy) is 12. The predicted octanol–water partition coefficient (Wildman–Crippen LogP) is 6.40. The fourth-order valence-electron chi connectivity index (χ4n) is 9.41. The molecule has 8 aromatic rings. The SMILES string of the molecule is COc1cc(OC)c(C2=c3ccc([nH]3)=C(c3c(OC)cc(OC)cc3OC)c3ccc([nH]3)C(c3c(OC)cc(OC)cc3OC)=c3ccc([nH]3)=C(c3c(OC)cc(OC)cc3OC)c3ccc2[nH]3)c(OC)c1. The number of rotatable bonds is 16. The van der Waals surface area contributed by atoms with E-state index in [1.54, 1.807) is 85.3 Å². The van der Waals surface area contributed by atoms with Gasteiger partial charge in [0.2, 0.25) is 0 Å². The summed E-state index contributed by atoms with van der Waals surface area (Å²) in [5.74, 6) is 6.23. The van der Waals surface area contributed by atoms with Crippen LogP contribution in [0.4, 0.5) is 0 Å². The van der Waals surface area contributed by atoms with E-state index in [-0.39, 0.29) is 0 Å². The van der Waals surface area contributed by atoms with Gasteiger partial charge in [-0.3, -0.25) is 0 Å². The zero-order valence-corrected chi connectivity index (χ0v) is 42.1. The number of methoxy groups -OCH3 is 12. The summed E-state index contributed by atoms with van der Waals surface area (Å²) in [5, 5.41) is 2.80. The van der Waals surface area contributed by atoms with Crippen LogP contribution in [0.3, 0.4) is 0 Å². The van der Waals surface area contributed by atoms with Crippen LogP contribution < -0.4 is 78.2 Å². The molecule has 0 saturated carbocycles. The fraction of sp³-hybridized carbons (Fsp3) is 0.214. The van der Waals surface area contributed by atoms with Gasteiger partial charge < -0.3 is 76.8 Å². The smallest absolute Gasteiger partial charge is 0.134 e. The second kappa shape index (κ2) is 20.2. The Bertz CT molecular complexity index is 3040. The standard InChI is InChI=1S/C56H56N4O12/c1-61-29-21-41(65-5)53(42(22-29)66-6)49-33-13-15-35(57-33)50(54-43(67-7)23-30(62-2)24-44(54)68-8)37-17-19-39(59-37)52(56-47(71-11)27-32(64-4)28-48(56)72-12)40-20-18-38(60-40)51(36-16-14-34(49)58-36)55-45(69-9)25-31(63-3)26-46(55)70-10/h13-28,57-60H,1-12H3. The topological polar surface area (TPSA) is 174 Å². The maximum atomic E-state index is 6.15. The molecule has 4 aromatic heterocycles. The number of aromatic nitrogens is 4. The monoisotopic (exact) mass is 976 g/mol. The highest BCUT2D eigenvalue weighted by Gasteiger charge is 2.29. The molecule has 72 heavy (non-hydrogen) atoms. The molecular weight excluding hydrogens is 921 g/mol. The third kappa shape index (κ3) is 8.29.